The minimum atomic E-state index is 0. The maximum Gasteiger partial charge on any atom is 0.225 e. The van der Waals surface area contributed by atoms with Crippen LogP contribution in [-0.4, -0.2) is 73.1 Å². The maximum atomic E-state index is 12.5. The lowest BCUT2D eigenvalue weighted by molar-refractivity contribution is -0.131. The summed E-state index contributed by atoms with van der Waals surface area (Å²) in [6.07, 6.45) is 5.00. The van der Waals surface area contributed by atoms with Crippen molar-refractivity contribution in [1.29, 1.82) is 0 Å². The number of aliphatic imine (C=N–C) groups is 1. The van der Waals surface area contributed by atoms with E-state index in [0.717, 1.165) is 38.0 Å². The largest absolute Gasteiger partial charge is 0.356 e. The zero-order chi connectivity index (χ0) is 21.2. The monoisotopic (exact) mass is 557 g/mol. The first kappa shape index (κ1) is 25.3. The summed E-state index contributed by atoms with van der Waals surface area (Å²) in [6, 6.07) is 6.07. The highest BCUT2D eigenvalue weighted by molar-refractivity contribution is 14.0. The third-order valence-corrected chi connectivity index (χ3v) is 5.97. The fraction of sp³-hybridized carbons (Fsp3) is 0.524. The highest BCUT2D eigenvalue weighted by Gasteiger charge is 2.22. The van der Waals surface area contributed by atoms with E-state index in [2.05, 4.69) is 54.9 Å². The van der Waals surface area contributed by atoms with Crippen LogP contribution in [0.1, 0.15) is 18.2 Å². The van der Waals surface area contributed by atoms with E-state index in [1.165, 1.54) is 4.88 Å². The number of halogens is 1. The summed E-state index contributed by atoms with van der Waals surface area (Å²) in [5.41, 5.74) is 0. The molecule has 31 heavy (non-hydrogen) atoms. The summed E-state index contributed by atoms with van der Waals surface area (Å²) in [6.45, 7) is 6.55. The van der Waals surface area contributed by atoms with Crippen molar-refractivity contribution >= 4 is 53.1 Å². The van der Waals surface area contributed by atoms with Gasteiger partial charge in [-0.05, 0) is 29.9 Å². The van der Waals surface area contributed by atoms with Crippen LogP contribution in [0.5, 0.6) is 0 Å². The zero-order valence-electron chi connectivity index (χ0n) is 18.2. The predicted octanol–water partition coefficient (Wildman–Crippen LogP) is 2.24. The van der Waals surface area contributed by atoms with Gasteiger partial charge in [-0.1, -0.05) is 13.0 Å². The van der Waals surface area contributed by atoms with Gasteiger partial charge in [-0.3, -0.25) is 9.79 Å². The van der Waals surface area contributed by atoms with Crippen molar-refractivity contribution in [2.45, 2.75) is 19.8 Å². The van der Waals surface area contributed by atoms with Gasteiger partial charge in [0.05, 0.1) is 0 Å². The molecule has 2 aromatic rings. The molecule has 0 aliphatic carbocycles. The van der Waals surface area contributed by atoms with Crippen LogP contribution in [0.25, 0.3) is 0 Å². The molecule has 1 amide bonds. The highest BCUT2D eigenvalue weighted by Crippen LogP contribution is 2.14. The van der Waals surface area contributed by atoms with E-state index < -0.39 is 0 Å². The third-order valence-electron chi connectivity index (χ3n) is 5.07. The highest BCUT2D eigenvalue weighted by atomic mass is 127. The first-order valence-electron chi connectivity index (χ1n) is 10.4. The SMILES string of the molecule is CN=C(NCCC(=O)N1CCN(c2ncccn2)CC1)NCC(C)Cc1cccs1.I. The van der Waals surface area contributed by atoms with Gasteiger partial charge in [0.25, 0.3) is 0 Å². The van der Waals surface area contributed by atoms with E-state index in [-0.39, 0.29) is 29.9 Å². The number of hydrogen-bond acceptors (Lipinski definition) is 6. The Kier molecular flexibility index (Phi) is 11.0. The lowest BCUT2D eigenvalue weighted by atomic mass is 10.1. The average Bonchev–Trinajstić information content (AvgIpc) is 3.29. The third kappa shape index (κ3) is 8.24. The van der Waals surface area contributed by atoms with E-state index >= 15 is 0 Å². The van der Waals surface area contributed by atoms with Crippen LogP contribution in [0, 0.1) is 5.92 Å². The maximum absolute atomic E-state index is 12.5. The molecule has 3 heterocycles. The fourth-order valence-corrected chi connectivity index (χ4v) is 4.26. The van der Waals surface area contributed by atoms with Crippen LogP contribution in [0.4, 0.5) is 5.95 Å². The number of guanidine groups is 1. The van der Waals surface area contributed by atoms with Crippen molar-refractivity contribution in [2.75, 3.05) is 51.2 Å². The van der Waals surface area contributed by atoms with E-state index in [4.69, 9.17) is 0 Å². The van der Waals surface area contributed by atoms with Gasteiger partial charge in [-0.2, -0.15) is 0 Å². The lowest BCUT2D eigenvalue weighted by Crippen LogP contribution is -2.50. The van der Waals surface area contributed by atoms with Crippen molar-refractivity contribution in [3.05, 3.63) is 40.8 Å². The van der Waals surface area contributed by atoms with Crippen LogP contribution in [-0.2, 0) is 11.2 Å². The number of piperazine rings is 1. The Morgan fingerprint density at radius 1 is 1.19 bits per heavy atom. The van der Waals surface area contributed by atoms with Crippen molar-refractivity contribution in [1.82, 2.24) is 25.5 Å². The number of nitrogens with zero attached hydrogens (tertiary/aromatic N) is 5. The van der Waals surface area contributed by atoms with Gasteiger partial charge < -0.3 is 20.4 Å². The van der Waals surface area contributed by atoms with Gasteiger partial charge in [0.2, 0.25) is 11.9 Å². The normalized spacial score (nSPS) is 15.2. The number of anilines is 1. The quantitative estimate of drug-likeness (QED) is 0.294. The molecule has 2 aromatic heterocycles. The van der Waals surface area contributed by atoms with Gasteiger partial charge in [0, 0.05) is 70.0 Å². The molecule has 0 radical (unpaired) electrons. The minimum absolute atomic E-state index is 0. The van der Waals surface area contributed by atoms with Gasteiger partial charge in [-0.25, -0.2) is 9.97 Å². The Morgan fingerprint density at radius 3 is 2.58 bits per heavy atom. The van der Waals surface area contributed by atoms with Crippen molar-refractivity contribution < 1.29 is 4.79 Å². The number of hydrogen-bond donors (Lipinski definition) is 2. The number of carbonyl (C=O) groups is 1. The van der Waals surface area contributed by atoms with Crippen molar-refractivity contribution in [2.24, 2.45) is 10.9 Å². The molecule has 1 fully saturated rings. The van der Waals surface area contributed by atoms with Crippen LogP contribution in [0.3, 0.4) is 0 Å². The Bertz CT molecular complexity index is 795. The van der Waals surface area contributed by atoms with E-state index in [9.17, 15) is 4.79 Å². The molecule has 0 saturated carbocycles. The Morgan fingerprint density at radius 2 is 1.94 bits per heavy atom. The molecular weight excluding hydrogens is 525 g/mol. The van der Waals surface area contributed by atoms with Crippen LogP contribution >= 0.6 is 35.3 Å². The average molecular weight is 558 g/mol. The summed E-state index contributed by atoms with van der Waals surface area (Å²) >= 11 is 1.79. The molecule has 2 N–H and O–H groups in total. The summed E-state index contributed by atoms with van der Waals surface area (Å²) in [5.74, 6) is 2.15. The smallest absolute Gasteiger partial charge is 0.225 e. The van der Waals surface area contributed by atoms with Crippen LogP contribution < -0.4 is 15.5 Å². The van der Waals surface area contributed by atoms with Gasteiger partial charge >= 0.3 is 0 Å². The first-order chi connectivity index (χ1) is 14.7. The van der Waals surface area contributed by atoms with Crippen LogP contribution in [0.15, 0.2) is 41.0 Å². The summed E-state index contributed by atoms with van der Waals surface area (Å²) in [5, 5.41) is 8.72. The van der Waals surface area contributed by atoms with Crippen LogP contribution in [0.2, 0.25) is 0 Å². The molecule has 1 unspecified atom stereocenters. The Balaban J connectivity index is 0.00000341. The first-order valence-corrected chi connectivity index (χ1v) is 11.3. The topological polar surface area (TPSA) is 85.8 Å². The van der Waals surface area contributed by atoms with E-state index in [0.29, 0.717) is 32.0 Å². The number of thiophene rings is 1. The standard InChI is InChI=1S/C21H31N7OS.HI/c1-17(15-18-5-3-14-30-18)16-26-20(22-2)23-9-6-19(29)27-10-12-28(13-11-27)21-24-7-4-8-25-21;/h3-5,7-8,14,17H,6,9-13,15-16H2,1-2H3,(H2,22,23,26);1H. The Labute approximate surface area is 205 Å². The summed E-state index contributed by atoms with van der Waals surface area (Å²) in [4.78, 5) is 30.8. The molecule has 0 bridgehead atoms. The zero-order valence-corrected chi connectivity index (χ0v) is 21.3. The molecular formula is C21H32IN7OS. The number of carbonyl (C=O) groups excluding carboxylic acids is 1. The molecule has 10 heteroatoms. The number of nitrogens with one attached hydrogen (secondary N) is 2. The lowest BCUT2D eigenvalue weighted by Gasteiger charge is -2.34. The molecule has 1 atom stereocenters. The molecule has 0 aromatic carbocycles. The van der Waals surface area contributed by atoms with Crippen molar-refractivity contribution in [3.8, 4) is 0 Å². The minimum Gasteiger partial charge on any atom is -0.356 e. The summed E-state index contributed by atoms with van der Waals surface area (Å²) in [7, 11) is 1.76. The summed E-state index contributed by atoms with van der Waals surface area (Å²) < 4.78 is 0. The second kappa shape index (κ2) is 13.5. The number of amides is 1. The Hall–Kier alpha value is -1.95. The molecule has 1 aliphatic heterocycles. The van der Waals surface area contributed by atoms with Gasteiger partial charge in [0.15, 0.2) is 5.96 Å². The van der Waals surface area contributed by atoms with E-state index in [1.54, 1.807) is 30.8 Å². The number of rotatable bonds is 8. The molecule has 0 spiro atoms. The van der Waals surface area contributed by atoms with Gasteiger partial charge in [-0.15, -0.1) is 35.3 Å². The van der Waals surface area contributed by atoms with Crippen molar-refractivity contribution in [3.63, 3.8) is 0 Å². The second-order valence-electron chi connectivity index (χ2n) is 7.44. The fourth-order valence-electron chi connectivity index (χ4n) is 3.39. The predicted molar refractivity (Wildman–Crippen MR) is 137 cm³/mol. The molecule has 1 aliphatic rings. The second-order valence-corrected chi connectivity index (χ2v) is 8.47. The molecule has 1 saturated heterocycles. The number of aromatic nitrogens is 2. The molecule has 3 rings (SSSR count). The van der Waals surface area contributed by atoms with Gasteiger partial charge in [0.1, 0.15) is 0 Å². The van der Waals surface area contributed by atoms with E-state index in [1.807, 2.05) is 11.0 Å². The molecule has 170 valence electrons. The molecule has 8 nitrogen and oxygen atoms in total.